The van der Waals surface area contributed by atoms with Crippen molar-refractivity contribution in [1.82, 2.24) is 0 Å². The number of ether oxygens (including phenoxy) is 1. The molecule has 0 spiro atoms. The van der Waals surface area contributed by atoms with Crippen molar-refractivity contribution in [2.75, 3.05) is 0 Å². The predicted octanol–water partition coefficient (Wildman–Crippen LogP) is 9.25. The Morgan fingerprint density at radius 2 is 1.43 bits per heavy atom. The van der Waals surface area contributed by atoms with Crippen LogP contribution in [-0.2, 0) is 14.3 Å². The molecule has 4 heteroatoms. The predicted molar refractivity (Wildman–Crippen MR) is 162 cm³/mol. The number of carbonyl (C=O) groups is 2. The van der Waals surface area contributed by atoms with Crippen LogP contribution in [0.3, 0.4) is 0 Å². The Morgan fingerprint density at radius 3 is 1.84 bits per heavy atom. The minimum atomic E-state index is -0.473. The quantitative estimate of drug-likeness (QED) is 0.118. The maximum atomic E-state index is 12.7. The minimum Gasteiger partial charge on any atom is -0.393 e. The number of hydrogen-bond acceptors (Lipinski definition) is 4. The minimum absolute atomic E-state index is 0.0367. The highest BCUT2D eigenvalue weighted by molar-refractivity contribution is 7.81. The third-order valence-electron chi connectivity index (χ3n) is 9.58. The van der Waals surface area contributed by atoms with Gasteiger partial charge in [-0.15, -0.1) is 6.58 Å². The zero-order valence-corrected chi connectivity index (χ0v) is 27.0. The lowest BCUT2D eigenvalue weighted by Crippen LogP contribution is -2.42. The van der Waals surface area contributed by atoms with Crippen LogP contribution < -0.4 is 0 Å². The van der Waals surface area contributed by atoms with Crippen LogP contribution in [-0.4, -0.2) is 16.7 Å². The molecule has 1 aliphatic heterocycles. The van der Waals surface area contributed by atoms with Gasteiger partial charge in [0.2, 0.25) is 0 Å². The molecule has 1 saturated heterocycles. The van der Waals surface area contributed by atoms with Crippen molar-refractivity contribution in [1.29, 1.82) is 0 Å². The van der Waals surface area contributed by atoms with Crippen LogP contribution >= 0.6 is 12.6 Å². The highest BCUT2D eigenvalue weighted by atomic mass is 32.1. The summed E-state index contributed by atoms with van der Waals surface area (Å²) < 4.78 is 4.84. The fourth-order valence-corrected chi connectivity index (χ4v) is 5.09. The third kappa shape index (κ3) is 8.60. The lowest BCUT2D eigenvalue weighted by Gasteiger charge is -2.48. The second-order valence-corrected chi connectivity index (χ2v) is 16.6. The van der Waals surface area contributed by atoms with Gasteiger partial charge in [0.1, 0.15) is 0 Å². The molecule has 3 atom stereocenters. The molecule has 0 saturated carbocycles. The fraction of sp³-hybridized carbons (Fsp3) is 0.758. The molecule has 0 bridgehead atoms. The van der Waals surface area contributed by atoms with E-state index < -0.39 is 17.9 Å². The van der Waals surface area contributed by atoms with Gasteiger partial charge < -0.3 is 4.74 Å². The molecule has 0 amide bonds. The molecule has 0 aromatic heterocycles. The van der Waals surface area contributed by atoms with Crippen molar-refractivity contribution in [3.63, 3.8) is 0 Å². The Hall–Kier alpha value is -1.29. The zero-order chi connectivity index (χ0) is 29.3. The summed E-state index contributed by atoms with van der Waals surface area (Å²) in [6, 6.07) is 0. The lowest BCUT2D eigenvalue weighted by atomic mass is 9.56. The topological polar surface area (TPSA) is 43.4 Å². The van der Waals surface area contributed by atoms with Crippen LogP contribution in [0.5, 0.6) is 0 Å². The molecule has 1 aliphatic rings. The number of carbonyl (C=O) groups excluding carboxylic acids is 2. The largest absolute Gasteiger partial charge is 0.393 e. The summed E-state index contributed by atoms with van der Waals surface area (Å²) in [6.45, 7) is 33.3. The number of rotatable bonds is 12. The Balaban J connectivity index is 3.37. The van der Waals surface area contributed by atoms with E-state index in [1.54, 1.807) is 0 Å². The average Bonchev–Trinajstić information content (AvgIpc) is 3.03. The zero-order valence-electron chi connectivity index (χ0n) is 26.1. The summed E-state index contributed by atoms with van der Waals surface area (Å²) in [5, 5.41) is 0. The highest BCUT2D eigenvalue weighted by Gasteiger charge is 2.50. The van der Waals surface area contributed by atoms with Gasteiger partial charge in [-0.1, -0.05) is 120 Å². The van der Waals surface area contributed by atoms with Crippen molar-refractivity contribution in [2.45, 2.75) is 114 Å². The van der Waals surface area contributed by atoms with E-state index in [-0.39, 0.29) is 44.2 Å². The van der Waals surface area contributed by atoms with Crippen molar-refractivity contribution >= 4 is 24.6 Å². The van der Waals surface area contributed by atoms with Gasteiger partial charge in [-0.25, -0.2) is 0 Å². The number of thiol groups is 1. The van der Waals surface area contributed by atoms with Crippen molar-refractivity contribution in [2.24, 2.45) is 44.8 Å². The maximum absolute atomic E-state index is 12.7. The second kappa shape index (κ2) is 11.4. The summed E-state index contributed by atoms with van der Waals surface area (Å²) in [5.41, 5.74) is -0.468. The van der Waals surface area contributed by atoms with Gasteiger partial charge in [0.05, 0.1) is 12.3 Å². The maximum Gasteiger partial charge on any atom is 0.317 e. The van der Waals surface area contributed by atoms with E-state index in [0.29, 0.717) is 5.92 Å². The molecule has 1 rings (SSSR count). The molecule has 1 fully saturated rings. The first kappa shape index (κ1) is 33.7. The second-order valence-electron chi connectivity index (χ2n) is 15.4. The average molecular weight is 533 g/mol. The first-order valence-corrected chi connectivity index (χ1v) is 14.3. The summed E-state index contributed by atoms with van der Waals surface area (Å²) in [7, 11) is 0. The molecule has 0 radical (unpaired) electrons. The summed E-state index contributed by atoms with van der Waals surface area (Å²) in [6.07, 6.45) is 13.0. The monoisotopic (exact) mass is 532 g/mol. The van der Waals surface area contributed by atoms with Gasteiger partial charge in [-0.3, -0.25) is 9.59 Å². The molecular weight excluding hydrogens is 476 g/mol. The fourth-order valence-electron chi connectivity index (χ4n) is 4.99. The summed E-state index contributed by atoms with van der Waals surface area (Å²) >= 11 is 4.65. The molecule has 0 aromatic rings. The van der Waals surface area contributed by atoms with E-state index in [0.717, 1.165) is 12.8 Å². The normalized spacial score (nSPS) is 20.5. The van der Waals surface area contributed by atoms with Gasteiger partial charge in [0.25, 0.3) is 0 Å². The van der Waals surface area contributed by atoms with Gasteiger partial charge in [0, 0.05) is 4.75 Å². The van der Waals surface area contributed by atoms with E-state index >= 15 is 0 Å². The van der Waals surface area contributed by atoms with Crippen LogP contribution in [0, 0.1) is 44.8 Å². The van der Waals surface area contributed by atoms with Gasteiger partial charge >= 0.3 is 11.9 Å². The Kier molecular flexibility index (Phi) is 10.4. The number of cyclic esters (lactones) is 2. The molecule has 37 heavy (non-hydrogen) atoms. The SMILES string of the molecule is C=CC(CC(C)(C)C(C)(C)/C=C/C(C)(C)C(C)(C)C(/C=C/CC(C)(C)S)C1CC(=O)OC1=O)C(C)(C)C. The van der Waals surface area contributed by atoms with E-state index in [1.165, 1.54) is 0 Å². The molecular formula is C33H56O3S. The van der Waals surface area contributed by atoms with Crippen molar-refractivity contribution in [3.05, 3.63) is 37.0 Å². The Bertz CT molecular complexity index is 888. The highest BCUT2D eigenvalue weighted by Crippen LogP contribution is 2.53. The Labute approximate surface area is 234 Å². The van der Waals surface area contributed by atoms with Crippen LogP contribution in [0.1, 0.15) is 109 Å². The molecule has 1 heterocycles. The number of esters is 2. The molecule has 3 nitrogen and oxygen atoms in total. The van der Waals surface area contributed by atoms with Crippen LogP contribution in [0.15, 0.2) is 37.0 Å². The smallest absolute Gasteiger partial charge is 0.317 e. The van der Waals surface area contributed by atoms with Crippen molar-refractivity contribution < 1.29 is 14.3 Å². The molecule has 0 aliphatic carbocycles. The number of allylic oxidation sites excluding steroid dienone is 5. The summed E-state index contributed by atoms with van der Waals surface area (Å²) in [5.74, 6) is -1.04. The molecule has 0 N–H and O–H groups in total. The van der Waals surface area contributed by atoms with Crippen LogP contribution in [0.4, 0.5) is 0 Å². The third-order valence-corrected chi connectivity index (χ3v) is 9.76. The van der Waals surface area contributed by atoms with E-state index in [9.17, 15) is 9.59 Å². The van der Waals surface area contributed by atoms with Crippen LogP contribution in [0.25, 0.3) is 0 Å². The standard InChI is InChI=1S/C33H56O3S/c1-15-23(28(2,3)4)22-31(9,10)29(5,6)19-20-30(7,8)33(13,14)25(17-16-18-32(11,12)37)24-21-26(34)36-27(24)35/h15-17,19-20,23-25,37H,1,18,21-22H2,2-14H3/b17-16+,20-19+. The summed E-state index contributed by atoms with van der Waals surface area (Å²) in [4.78, 5) is 24.7. The first-order chi connectivity index (χ1) is 16.4. The Morgan fingerprint density at radius 1 is 0.919 bits per heavy atom. The van der Waals surface area contributed by atoms with Gasteiger partial charge in [0.15, 0.2) is 0 Å². The van der Waals surface area contributed by atoms with E-state index in [1.807, 2.05) is 0 Å². The van der Waals surface area contributed by atoms with E-state index in [2.05, 4.69) is 140 Å². The van der Waals surface area contributed by atoms with Gasteiger partial charge in [-0.2, -0.15) is 12.6 Å². The first-order valence-electron chi connectivity index (χ1n) is 13.8. The van der Waals surface area contributed by atoms with Gasteiger partial charge in [-0.05, 0) is 51.8 Å². The van der Waals surface area contributed by atoms with Crippen molar-refractivity contribution in [3.8, 4) is 0 Å². The molecule has 0 aromatic carbocycles. The number of hydrogen-bond donors (Lipinski definition) is 1. The van der Waals surface area contributed by atoms with Crippen LogP contribution in [0.2, 0.25) is 0 Å². The lowest BCUT2D eigenvalue weighted by molar-refractivity contribution is -0.154. The molecule has 212 valence electrons. The van der Waals surface area contributed by atoms with E-state index in [4.69, 9.17) is 4.74 Å². The molecule has 3 unspecified atom stereocenters.